The number of benzene rings is 2. The van der Waals surface area contributed by atoms with Crippen molar-refractivity contribution in [1.29, 1.82) is 0 Å². The highest BCUT2D eigenvalue weighted by Gasteiger charge is 2.15. The number of amides is 2. The molecule has 0 saturated carbocycles. The fraction of sp³-hybridized carbons (Fsp3) is 0.125. The molecule has 0 aliphatic heterocycles. The predicted molar refractivity (Wildman–Crippen MR) is 84.9 cm³/mol. The minimum Gasteiger partial charge on any atom is -0.508 e. The highest BCUT2D eigenvalue weighted by Crippen LogP contribution is 2.29. The summed E-state index contributed by atoms with van der Waals surface area (Å²) in [6.07, 6.45) is 0. The molecule has 3 N–H and O–H groups in total. The van der Waals surface area contributed by atoms with Crippen LogP contribution in [0.5, 0.6) is 17.2 Å². The lowest BCUT2D eigenvalue weighted by Crippen LogP contribution is -2.29. The average Bonchev–Trinajstić information content (AvgIpc) is 2.54. The van der Waals surface area contributed by atoms with Gasteiger partial charge in [0.05, 0.1) is 14.2 Å². The van der Waals surface area contributed by atoms with E-state index in [9.17, 15) is 14.7 Å². The van der Waals surface area contributed by atoms with E-state index in [1.807, 2.05) is 0 Å². The van der Waals surface area contributed by atoms with Gasteiger partial charge in [0.15, 0.2) is 11.5 Å². The van der Waals surface area contributed by atoms with Gasteiger partial charge in [0, 0.05) is 23.5 Å². The Morgan fingerprint density at radius 2 is 1.48 bits per heavy atom. The summed E-state index contributed by atoms with van der Waals surface area (Å²) in [6, 6.07) is 10.6. The number of hydrogen-bond acceptors (Lipinski definition) is 5. The van der Waals surface area contributed by atoms with Crippen LogP contribution in [-0.2, 0) is 9.59 Å². The predicted octanol–water partition coefficient (Wildman–Crippen LogP) is 1.99. The van der Waals surface area contributed by atoms with Crippen molar-refractivity contribution in [3.63, 3.8) is 0 Å². The normalized spacial score (nSPS) is 9.83. The fourth-order valence-electron chi connectivity index (χ4n) is 1.87. The number of phenolic OH excluding ortho intramolecular Hbond substituents is 1. The van der Waals surface area contributed by atoms with Crippen molar-refractivity contribution in [2.45, 2.75) is 0 Å². The number of rotatable bonds is 4. The van der Waals surface area contributed by atoms with Gasteiger partial charge in [-0.3, -0.25) is 9.59 Å². The second-order valence-electron chi connectivity index (χ2n) is 4.53. The van der Waals surface area contributed by atoms with Gasteiger partial charge in [-0.05, 0) is 24.3 Å². The highest BCUT2D eigenvalue weighted by atomic mass is 16.5. The molecule has 0 spiro atoms. The monoisotopic (exact) mass is 316 g/mol. The molecule has 0 saturated heterocycles. The summed E-state index contributed by atoms with van der Waals surface area (Å²) in [4.78, 5) is 23.7. The van der Waals surface area contributed by atoms with Crippen molar-refractivity contribution in [2.75, 3.05) is 24.9 Å². The third-order valence-electron chi connectivity index (χ3n) is 2.95. The molecule has 0 radical (unpaired) electrons. The largest absolute Gasteiger partial charge is 0.508 e. The summed E-state index contributed by atoms with van der Waals surface area (Å²) in [6.45, 7) is 0. The van der Waals surface area contributed by atoms with Gasteiger partial charge in [-0.2, -0.15) is 0 Å². The van der Waals surface area contributed by atoms with E-state index in [4.69, 9.17) is 9.47 Å². The number of hydrogen-bond donors (Lipinski definition) is 3. The highest BCUT2D eigenvalue weighted by molar-refractivity contribution is 6.43. The van der Waals surface area contributed by atoms with Crippen molar-refractivity contribution in [3.8, 4) is 17.2 Å². The van der Waals surface area contributed by atoms with Crippen LogP contribution in [0.3, 0.4) is 0 Å². The summed E-state index contributed by atoms with van der Waals surface area (Å²) in [5.41, 5.74) is 0.705. The topological polar surface area (TPSA) is 96.9 Å². The molecular weight excluding hydrogens is 300 g/mol. The number of methoxy groups -OCH3 is 2. The zero-order chi connectivity index (χ0) is 16.8. The summed E-state index contributed by atoms with van der Waals surface area (Å²) in [5.74, 6) is -0.776. The molecule has 0 aliphatic rings. The van der Waals surface area contributed by atoms with Gasteiger partial charge in [0.2, 0.25) is 0 Å². The molecule has 2 aromatic carbocycles. The zero-order valence-electron chi connectivity index (χ0n) is 12.6. The maximum atomic E-state index is 11.9. The van der Waals surface area contributed by atoms with Crippen molar-refractivity contribution in [3.05, 3.63) is 42.5 Å². The van der Waals surface area contributed by atoms with Crippen LogP contribution >= 0.6 is 0 Å². The van der Waals surface area contributed by atoms with E-state index in [2.05, 4.69) is 10.6 Å². The van der Waals surface area contributed by atoms with E-state index in [-0.39, 0.29) is 5.75 Å². The van der Waals surface area contributed by atoms with Gasteiger partial charge in [-0.15, -0.1) is 0 Å². The molecule has 2 aromatic rings. The molecular formula is C16H16N2O5. The number of anilines is 2. The molecule has 0 aliphatic carbocycles. The maximum absolute atomic E-state index is 11.9. The van der Waals surface area contributed by atoms with E-state index in [1.165, 1.54) is 26.4 Å². The Hall–Kier alpha value is -3.22. The van der Waals surface area contributed by atoms with E-state index < -0.39 is 11.8 Å². The number of nitrogens with one attached hydrogen (secondary N) is 2. The average molecular weight is 316 g/mol. The minimum atomic E-state index is -0.856. The maximum Gasteiger partial charge on any atom is 0.314 e. The number of aromatic hydroxyl groups is 1. The molecule has 2 rings (SSSR count). The summed E-state index contributed by atoms with van der Waals surface area (Å²) in [5, 5.41) is 14.2. The molecule has 0 unspecified atom stereocenters. The molecule has 0 fully saturated rings. The quantitative estimate of drug-likeness (QED) is 0.750. The fourth-order valence-corrected chi connectivity index (χ4v) is 1.87. The first kappa shape index (κ1) is 16.2. The Balaban J connectivity index is 2.05. The third kappa shape index (κ3) is 4.13. The molecule has 0 aromatic heterocycles. The molecule has 2 amide bonds. The smallest absolute Gasteiger partial charge is 0.314 e. The zero-order valence-corrected chi connectivity index (χ0v) is 12.6. The third-order valence-corrected chi connectivity index (χ3v) is 2.95. The van der Waals surface area contributed by atoms with Gasteiger partial charge < -0.3 is 25.2 Å². The lowest BCUT2D eigenvalue weighted by Gasteiger charge is -2.10. The number of phenols is 1. The van der Waals surface area contributed by atoms with Gasteiger partial charge in [-0.25, -0.2) is 0 Å². The number of ether oxygens (including phenoxy) is 2. The van der Waals surface area contributed by atoms with Crippen molar-refractivity contribution < 1.29 is 24.2 Å². The molecule has 0 heterocycles. The van der Waals surface area contributed by atoms with Crippen molar-refractivity contribution >= 4 is 23.2 Å². The Kier molecular flexibility index (Phi) is 5.03. The SMILES string of the molecule is COc1ccc(NC(=O)C(=O)Nc2cccc(O)c2)cc1OC. The van der Waals surface area contributed by atoms with Crippen LogP contribution in [0.2, 0.25) is 0 Å². The molecule has 0 bridgehead atoms. The van der Waals surface area contributed by atoms with Gasteiger partial charge >= 0.3 is 11.8 Å². The van der Waals surface area contributed by atoms with Crippen LogP contribution in [0.15, 0.2) is 42.5 Å². The van der Waals surface area contributed by atoms with Crippen molar-refractivity contribution in [2.24, 2.45) is 0 Å². The first-order chi connectivity index (χ1) is 11.0. The van der Waals surface area contributed by atoms with Crippen molar-refractivity contribution in [1.82, 2.24) is 0 Å². The van der Waals surface area contributed by atoms with E-state index in [0.717, 1.165) is 0 Å². The van der Waals surface area contributed by atoms with E-state index >= 15 is 0 Å². The Labute approximate surface area is 132 Å². The first-order valence-electron chi connectivity index (χ1n) is 6.67. The number of carbonyl (C=O) groups is 2. The Morgan fingerprint density at radius 1 is 0.870 bits per heavy atom. The van der Waals surface area contributed by atoms with Crippen LogP contribution in [0, 0.1) is 0 Å². The van der Waals surface area contributed by atoms with Gasteiger partial charge in [0.1, 0.15) is 5.75 Å². The van der Waals surface area contributed by atoms with E-state index in [0.29, 0.717) is 22.9 Å². The van der Waals surface area contributed by atoms with Crippen LogP contribution in [0.4, 0.5) is 11.4 Å². The van der Waals surface area contributed by atoms with Crippen LogP contribution in [0.25, 0.3) is 0 Å². The minimum absolute atomic E-state index is 0.0110. The lowest BCUT2D eigenvalue weighted by atomic mass is 10.2. The first-order valence-corrected chi connectivity index (χ1v) is 6.67. The lowest BCUT2D eigenvalue weighted by molar-refractivity contribution is -0.133. The molecule has 7 heteroatoms. The second-order valence-corrected chi connectivity index (χ2v) is 4.53. The summed E-state index contributed by atoms with van der Waals surface area (Å²) < 4.78 is 10.2. The van der Waals surface area contributed by atoms with Crippen LogP contribution < -0.4 is 20.1 Å². The van der Waals surface area contributed by atoms with Gasteiger partial charge in [0.25, 0.3) is 0 Å². The molecule has 23 heavy (non-hydrogen) atoms. The van der Waals surface area contributed by atoms with E-state index in [1.54, 1.807) is 30.3 Å². The second kappa shape index (κ2) is 7.17. The summed E-state index contributed by atoms with van der Waals surface area (Å²) >= 11 is 0. The number of carbonyl (C=O) groups excluding carboxylic acids is 2. The van der Waals surface area contributed by atoms with Crippen LogP contribution in [-0.4, -0.2) is 31.1 Å². The molecule has 120 valence electrons. The molecule has 0 atom stereocenters. The van der Waals surface area contributed by atoms with Gasteiger partial charge in [-0.1, -0.05) is 6.07 Å². The van der Waals surface area contributed by atoms with Crippen LogP contribution in [0.1, 0.15) is 0 Å². The Morgan fingerprint density at radius 3 is 2.04 bits per heavy atom. The molecule has 7 nitrogen and oxygen atoms in total. The summed E-state index contributed by atoms with van der Waals surface area (Å²) in [7, 11) is 2.97. The standard InChI is InChI=1S/C16H16N2O5/c1-22-13-7-6-11(9-14(13)23-2)18-16(21)15(20)17-10-4-3-5-12(19)8-10/h3-9,19H,1-2H3,(H,17,20)(H,18,21). The Bertz CT molecular complexity index is 730.